The molecule has 0 aromatic carbocycles. The van der Waals surface area contributed by atoms with Crippen molar-refractivity contribution in [3.8, 4) is 0 Å². The fraction of sp³-hybridized carbons (Fsp3) is 0.474. The quantitative estimate of drug-likeness (QED) is 0.709. The SMILES string of the molecule is O=C(C1CCCN(S(=O)(=O)c2cccs2)C1)N1CCN(c2ccc(Cl)cn2)CC1. The van der Waals surface area contributed by atoms with Gasteiger partial charge in [-0.25, -0.2) is 13.4 Å². The molecule has 0 aliphatic carbocycles. The molecule has 2 aromatic rings. The van der Waals surface area contributed by atoms with E-state index in [1.165, 1.54) is 15.6 Å². The summed E-state index contributed by atoms with van der Waals surface area (Å²) >= 11 is 7.11. The topological polar surface area (TPSA) is 73.8 Å². The van der Waals surface area contributed by atoms with Crippen LogP contribution in [-0.2, 0) is 14.8 Å². The zero-order chi connectivity index (χ0) is 20.4. The summed E-state index contributed by atoms with van der Waals surface area (Å²) in [4.78, 5) is 21.4. The van der Waals surface area contributed by atoms with Crippen LogP contribution in [0.4, 0.5) is 5.82 Å². The standard InChI is InChI=1S/C19H23ClN4O3S2/c20-16-5-6-17(21-13-16)22-8-10-23(11-9-22)19(25)15-3-1-7-24(14-15)29(26,27)18-4-2-12-28-18/h2,4-6,12-13,15H,1,3,7-11,14H2. The van der Waals surface area contributed by atoms with E-state index in [2.05, 4.69) is 9.88 Å². The van der Waals surface area contributed by atoms with Crippen LogP contribution in [0.3, 0.4) is 0 Å². The molecule has 0 N–H and O–H groups in total. The second-order valence-corrected chi connectivity index (χ2v) is 10.8. The largest absolute Gasteiger partial charge is 0.353 e. The highest BCUT2D eigenvalue weighted by Gasteiger charge is 2.36. The monoisotopic (exact) mass is 454 g/mol. The van der Waals surface area contributed by atoms with Crippen molar-refractivity contribution in [2.24, 2.45) is 5.92 Å². The van der Waals surface area contributed by atoms with Crippen molar-refractivity contribution in [2.75, 3.05) is 44.2 Å². The van der Waals surface area contributed by atoms with Gasteiger partial charge in [-0.2, -0.15) is 4.31 Å². The molecule has 7 nitrogen and oxygen atoms in total. The maximum Gasteiger partial charge on any atom is 0.252 e. The number of hydrogen-bond acceptors (Lipinski definition) is 6. The molecule has 2 aliphatic heterocycles. The molecule has 0 bridgehead atoms. The van der Waals surface area contributed by atoms with Crippen molar-refractivity contribution in [1.82, 2.24) is 14.2 Å². The van der Waals surface area contributed by atoms with Crippen LogP contribution in [0.2, 0.25) is 5.02 Å². The van der Waals surface area contributed by atoms with E-state index >= 15 is 0 Å². The van der Waals surface area contributed by atoms with Crippen molar-refractivity contribution in [2.45, 2.75) is 17.1 Å². The maximum atomic E-state index is 13.1. The van der Waals surface area contributed by atoms with Crippen LogP contribution in [0, 0.1) is 5.92 Å². The molecule has 1 atom stereocenters. The Morgan fingerprint density at radius 2 is 1.93 bits per heavy atom. The first-order valence-corrected chi connectivity index (χ1v) is 12.3. The lowest BCUT2D eigenvalue weighted by atomic mass is 9.98. The van der Waals surface area contributed by atoms with Crippen molar-refractivity contribution in [3.63, 3.8) is 0 Å². The van der Waals surface area contributed by atoms with E-state index in [1.54, 1.807) is 23.7 Å². The van der Waals surface area contributed by atoms with E-state index in [4.69, 9.17) is 11.6 Å². The number of piperazine rings is 1. The van der Waals surface area contributed by atoms with Gasteiger partial charge in [0.25, 0.3) is 10.0 Å². The summed E-state index contributed by atoms with van der Waals surface area (Å²) in [6, 6.07) is 7.05. The molecule has 2 saturated heterocycles. The Labute approximate surface area is 179 Å². The van der Waals surface area contributed by atoms with Gasteiger partial charge in [-0.3, -0.25) is 4.79 Å². The Balaban J connectivity index is 1.37. The Morgan fingerprint density at radius 1 is 1.14 bits per heavy atom. The average Bonchev–Trinajstić information content (AvgIpc) is 3.30. The van der Waals surface area contributed by atoms with Gasteiger partial charge in [-0.1, -0.05) is 17.7 Å². The van der Waals surface area contributed by atoms with Gasteiger partial charge in [0, 0.05) is 45.5 Å². The van der Waals surface area contributed by atoms with E-state index in [9.17, 15) is 13.2 Å². The lowest BCUT2D eigenvalue weighted by molar-refractivity contribution is -0.137. The number of thiophene rings is 1. The predicted molar refractivity (Wildman–Crippen MR) is 114 cm³/mol. The summed E-state index contributed by atoms with van der Waals surface area (Å²) in [6.07, 6.45) is 3.06. The van der Waals surface area contributed by atoms with Crippen LogP contribution in [0.5, 0.6) is 0 Å². The van der Waals surface area contributed by atoms with Gasteiger partial charge in [0.05, 0.1) is 10.9 Å². The molecule has 1 unspecified atom stereocenters. The number of piperidine rings is 1. The summed E-state index contributed by atoms with van der Waals surface area (Å²) < 4.78 is 27.4. The van der Waals surface area contributed by atoms with Crippen molar-refractivity contribution in [3.05, 3.63) is 40.9 Å². The smallest absolute Gasteiger partial charge is 0.252 e. The minimum absolute atomic E-state index is 0.0554. The molecule has 2 aromatic heterocycles. The molecule has 2 aliphatic rings. The zero-order valence-corrected chi connectivity index (χ0v) is 18.3. The fourth-order valence-electron chi connectivity index (χ4n) is 3.87. The van der Waals surface area contributed by atoms with Crippen LogP contribution in [-0.4, -0.2) is 67.8 Å². The number of sulfonamides is 1. The van der Waals surface area contributed by atoms with E-state index in [0.717, 1.165) is 12.2 Å². The van der Waals surface area contributed by atoms with Crippen molar-refractivity contribution >= 4 is 44.7 Å². The molecule has 156 valence electrons. The van der Waals surface area contributed by atoms with Crippen LogP contribution in [0.15, 0.2) is 40.1 Å². The van der Waals surface area contributed by atoms with Crippen LogP contribution < -0.4 is 4.90 Å². The molecule has 0 saturated carbocycles. The van der Waals surface area contributed by atoms with E-state index in [1.807, 2.05) is 17.0 Å². The number of aromatic nitrogens is 1. The van der Waals surface area contributed by atoms with Gasteiger partial charge < -0.3 is 9.80 Å². The third-order valence-electron chi connectivity index (χ3n) is 5.45. The lowest BCUT2D eigenvalue weighted by Gasteiger charge is -2.39. The van der Waals surface area contributed by atoms with Gasteiger partial charge in [-0.15, -0.1) is 11.3 Å². The number of nitrogens with zero attached hydrogens (tertiary/aromatic N) is 4. The molecule has 0 radical (unpaired) electrons. The molecule has 4 heterocycles. The Kier molecular flexibility index (Phi) is 6.10. The number of pyridine rings is 1. The van der Waals surface area contributed by atoms with E-state index < -0.39 is 10.0 Å². The zero-order valence-electron chi connectivity index (χ0n) is 15.9. The Bertz CT molecular complexity index is 942. The number of amides is 1. The highest BCUT2D eigenvalue weighted by molar-refractivity contribution is 7.91. The van der Waals surface area contributed by atoms with Crippen LogP contribution in [0.25, 0.3) is 0 Å². The molecule has 1 amide bonds. The molecular weight excluding hydrogens is 432 g/mol. The normalized spacial score (nSPS) is 21.3. The summed E-state index contributed by atoms with van der Waals surface area (Å²) in [5.74, 6) is 0.630. The lowest BCUT2D eigenvalue weighted by Crippen LogP contribution is -2.53. The molecule has 10 heteroatoms. The van der Waals surface area contributed by atoms with Gasteiger partial charge in [-0.05, 0) is 36.4 Å². The highest BCUT2D eigenvalue weighted by Crippen LogP contribution is 2.27. The minimum Gasteiger partial charge on any atom is -0.353 e. The molecule has 4 rings (SSSR count). The first-order valence-electron chi connectivity index (χ1n) is 9.64. The number of halogens is 1. The van der Waals surface area contributed by atoms with Gasteiger partial charge in [0.1, 0.15) is 10.0 Å². The van der Waals surface area contributed by atoms with Crippen molar-refractivity contribution < 1.29 is 13.2 Å². The molecule has 29 heavy (non-hydrogen) atoms. The third kappa shape index (κ3) is 4.42. The van der Waals surface area contributed by atoms with Crippen molar-refractivity contribution in [1.29, 1.82) is 0 Å². The van der Waals surface area contributed by atoms with Gasteiger partial charge in [0.2, 0.25) is 5.91 Å². The minimum atomic E-state index is -3.51. The van der Waals surface area contributed by atoms with Crippen LogP contribution >= 0.6 is 22.9 Å². The fourth-order valence-corrected chi connectivity index (χ4v) is 6.65. The summed E-state index contributed by atoms with van der Waals surface area (Å²) in [5.41, 5.74) is 0. The first kappa shape index (κ1) is 20.6. The second-order valence-electron chi connectivity index (χ2n) is 7.28. The first-order chi connectivity index (χ1) is 13.9. The number of hydrogen-bond donors (Lipinski definition) is 0. The van der Waals surface area contributed by atoms with Gasteiger partial charge in [0.15, 0.2) is 0 Å². The predicted octanol–water partition coefficient (Wildman–Crippen LogP) is 2.55. The average molecular weight is 455 g/mol. The highest BCUT2D eigenvalue weighted by atomic mass is 35.5. The summed E-state index contributed by atoms with van der Waals surface area (Å²) in [5, 5.41) is 2.36. The Hall–Kier alpha value is -1.68. The summed E-state index contributed by atoms with van der Waals surface area (Å²) in [7, 11) is -3.51. The second kappa shape index (κ2) is 8.59. The summed E-state index contributed by atoms with van der Waals surface area (Å²) in [6.45, 7) is 3.35. The number of carbonyl (C=O) groups excluding carboxylic acids is 1. The number of anilines is 1. The number of rotatable bonds is 4. The molecule has 2 fully saturated rings. The van der Waals surface area contributed by atoms with Gasteiger partial charge >= 0.3 is 0 Å². The Morgan fingerprint density at radius 3 is 2.59 bits per heavy atom. The molecular formula is C19H23ClN4O3S2. The van der Waals surface area contributed by atoms with E-state index in [0.29, 0.717) is 48.4 Å². The maximum absolute atomic E-state index is 13.1. The number of carbonyl (C=O) groups is 1. The van der Waals surface area contributed by atoms with Crippen LogP contribution in [0.1, 0.15) is 12.8 Å². The third-order valence-corrected chi connectivity index (χ3v) is 8.91. The molecule has 0 spiro atoms. The van der Waals surface area contributed by atoms with E-state index in [-0.39, 0.29) is 18.4 Å².